The SMILES string of the molecule is Cc1nc([C@@H]2CCOC2)c2c(N3CCc4nc(C5CC5)ncc4C3)ncnn12.Cl. The van der Waals surface area contributed by atoms with Crippen LogP contribution in [0.3, 0.4) is 0 Å². The minimum Gasteiger partial charge on any atom is -0.381 e. The zero-order chi connectivity index (χ0) is 18.7. The third-order valence-electron chi connectivity index (χ3n) is 6.11. The van der Waals surface area contributed by atoms with E-state index in [0.717, 1.165) is 67.8 Å². The first-order valence-electron chi connectivity index (χ1n) is 10.2. The summed E-state index contributed by atoms with van der Waals surface area (Å²) >= 11 is 0. The highest BCUT2D eigenvalue weighted by molar-refractivity contribution is 5.85. The Morgan fingerprint density at radius 1 is 1.10 bits per heavy atom. The first-order chi connectivity index (χ1) is 13.8. The molecule has 3 aromatic heterocycles. The maximum Gasteiger partial charge on any atom is 0.158 e. The largest absolute Gasteiger partial charge is 0.381 e. The highest BCUT2D eigenvalue weighted by Gasteiger charge is 2.30. The molecule has 0 spiro atoms. The Morgan fingerprint density at radius 3 is 2.79 bits per heavy atom. The molecule has 2 aliphatic heterocycles. The van der Waals surface area contributed by atoms with E-state index in [2.05, 4.69) is 20.0 Å². The van der Waals surface area contributed by atoms with Crippen LogP contribution < -0.4 is 4.90 Å². The number of anilines is 1. The molecule has 1 atom stereocenters. The predicted molar refractivity (Wildman–Crippen MR) is 110 cm³/mol. The number of imidazole rings is 1. The lowest BCUT2D eigenvalue weighted by Gasteiger charge is -2.29. The number of hydrogen-bond donors (Lipinski definition) is 0. The van der Waals surface area contributed by atoms with Gasteiger partial charge in [0, 0.05) is 49.7 Å². The molecule has 8 nitrogen and oxygen atoms in total. The van der Waals surface area contributed by atoms with Crippen molar-refractivity contribution in [2.24, 2.45) is 0 Å². The molecular weight excluding hydrogens is 390 g/mol. The molecule has 5 heterocycles. The standard InChI is InChI=1S/C20H23N7O.ClH/c1-12-24-17(14-5-7-28-10-14)18-20(22-11-23-27(12)18)26-6-4-16-15(9-26)8-21-19(25-16)13-2-3-13;/h8,11,13-14H,2-7,9-10H2,1H3;1H/t14-;/m1./s1. The lowest BCUT2D eigenvalue weighted by atomic mass is 10.0. The van der Waals surface area contributed by atoms with Gasteiger partial charge in [-0.15, -0.1) is 12.4 Å². The molecule has 3 aromatic rings. The molecule has 0 aromatic carbocycles. The molecule has 0 radical (unpaired) electrons. The number of hydrogen-bond acceptors (Lipinski definition) is 7. The molecule has 0 bridgehead atoms. The smallest absolute Gasteiger partial charge is 0.158 e. The van der Waals surface area contributed by atoms with E-state index in [-0.39, 0.29) is 12.4 Å². The number of nitrogens with zero attached hydrogens (tertiary/aromatic N) is 7. The Hall–Kier alpha value is -2.32. The second-order valence-corrected chi connectivity index (χ2v) is 8.09. The quantitative estimate of drug-likeness (QED) is 0.652. The Kier molecular flexibility index (Phi) is 4.63. The van der Waals surface area contributed by atoms with Crippen LogP contribution in [0, 0.1) is 6.92 Å². The van der Waals surface area contributed by atoms with Crippen molar-refractivity contribution < 1.29 is 4.74 Å². The molecule has 1 saturated heterocycles. The van der Waals surface area contributed by atoms with Gasteiger partial charge in [-0.1, -0.05) is 0 Å². The van der Waals surface area contributed by atoms with Crippen LogP contribution >= 0.6 is 12.4 Å². The van der Waals surface area contributed by atoms with Crippen LogP contribution in [0.4, 0.5) is 5.82 Å². The molecule has 29 heavy (non-hydrogen) atoms. The lowest BCUT2D eigenvalue weighted by molar-refractivity contribution is 0.193. The fourth-order valence-electron chi connectivity index (χ4n) is 4.41. The number of ether oxygens (including phenoxy) is 1. The van der Waals surface area contributed by atoms with Gasteiger partial charge in [-0.25, -0.2) is 24.5 Å². The molecule has 0 unspecified atom stereocenters. The average molecular weight is 414 g/mol. The second kappa shape index (κ2) is 7.18. The van der Waals surface area contributed by atoms with Crippen molar-refractivity contribution in [1.82, 2.24) is 29.5 Å². The van der Waals surface area contributed by atoms with Crippen molar-refractivity contribution >= 4 is 23.7 Å². The summed E-state index contributed by atoms with van der Waals surface area (Å²) in [5, 5.41) is 4.46. The van der Waals surface area contributed by atoms with E-state index in [4.69, 9.17) is 14.7 Å². The van der Waals surface area contributed by atoms with Crippen LogP contribution in [0.2, 0.25) is 0 Å². The molecule has 0 N–H and O–H groups in total. The maximum absolute atomic E-state index is 5.62. The van der Waals surface area contributed by atoms with Crippen molar-refractivity contribution in [1.29, 1.82) is 0 Å². The molecular formula is C20H24ClN7O. The van der Waals surface area contributed by atoms with Crippen LogP contribution in [0.5, 0.6) is 0 Å². The summed E-state index contributed by atoms with van der Waals surface area (Å²) in [5.41, 5.74) is 4.49. The lowest BCUT2D eigenvalue weighted by Crippen LogP contribution is -2.32. The Bertz CT molecular complexity index is 1060. The van der Waals surface area contributed by atoms with Gasteiger partial charge < -0.3 is 9.64 Å². The van der Waals surface area contributed by atoms with Gasteiger partial charge in [-0.2, -0.15) is 5.10 Å². The normalized spacial score (nSPS) is 21.3. The zero-order valence-corrected chi connectivity index (χ0v) is 17.2. The van der Waals surface area contributed by atoms with Gasteiger partial charge in [0.2, 0.25) is 0 Å². The third-order valence-corrected chi connectivity index (χ3v) is 6.11. The molecule has 2 fully saturated rings. The van der Waals surface area contributed by atoms with Crippen molar-refractivity contribution in [2.75, 3.05) is 24.7 Å². The van der Waals surface area contributed by atoms with Crippen molar-refractivity contribution in [3.8, 4) is 0 Å². The summed E-state index contributed by atoms with van der Waals surface area (Å²) in [6.45, 7) is 5.19. The van der Waals surface area contributed by atoms with Gasteiger partial charge in [-0.3, -0.25) is 0 Å². The molecule has 6 rings (SSSR count). The third kappa shape index (κ3) is 3.14. The molecule has 3 aliphatic rings. The second-order valence-electron chi connectivity index (χ2n) is 8.09. The van der Waals surface area contributed by atoms with E-state index < -0.39 is 0 Å². The Labute approximate surface area is 175 Å². The summed E-state index contributed by atoms with van der Waals surface area (Å²) in [6, 6.07) is 0. The zero-order valence-electron chi connectivity index (χ0n) is 16.4. The van der Waals surface area contributed by atoms with E-state index in [1.54, 1.807) is 6.33 Å². The number of halogens is 1. The van der Waals surface area contributed by atoms with Gasteiger partial charge >= 0.3 is 0 Å². The van der Waals surface area contributed by atoms with Crippen molar-refractivity contribution in [3.05, 3.63) is 41.1 Å². The van der Waals surface area contributed by atoms with E-state index in [1.807, 2.05) is 17.6 Å². The first kappa shape index (κ1) is 18.7. The van der Waals surface area contributed by atoms with Gasteiger partial charge in [0.05, 0.1) is 18.0 Å². The molecule has 152 valence electrons. The first-order valence-corrected chi connectivity index (χ1v) is 10.2. The van der Waals surface area contributed by atoms with E-state index in [0.29, 0.717) is 11.8 Å². The molecule has 1 aliphatic carbocycles. The van der Waals surface area contributed by atoms with E-state index in [9.17, 15) is 0 Å². The topological polar surface area (TPSA) is 81.3 Å². The number of aromatic nitrogens is 6. The monoisotopic (exact) mass is 413 g/mol. The summed E-state index contributed by atoms with van der Waals surface area (Å²) in [4.78, 5) is 21.3. The number of fused-ring (bicyclic) bond motifs is 2. The van der Waals surface area contributed by atoms with Crippen LogP contribution in [0.25, 0.3) is 5.52 Å². The maximum atomic E-state index is 5.62. The summed E-state index contributed by atoms with van der Waals surface area (Å²) in [5.74, 6) is 3.79. The molecule has 9 heteroatoms. The van der Waals surface area contributed by atoms with Crippen LogP contribution in [-0.2, 0) is 17.7 Å². The summed E-state index contributed by atoms with van der Waals surface area (Å²) in [7, 11) is 0. The fourth-order valence-corrected chi connectivity index (χ4v) is 4.41. The van der Waals surface area contributed by atoms with E-state index >= 15 is 0 Å². The average Bonchev–Trinajstić information content (AvgIpc) is 3.33. The summed E-state index contributed by atoms with van der Waals surface area (Å²) in [6.07, 6.45) is 8.04. The number of rotatable bonds is 3. The molecule has 0 amide bonds. The number of aryl methyl sites for hydroxylation is 1. The van der Waals surface area contributed by atoms with Gasteiger partial charge in [0.1, 0.15) is 23.5 Å². The van der Waals surface area contributed by atoms with Gasteiger partial charge in [0.15, 0.2) is 5.82 Å². The summed E-state index contributed by atoms with van der Waals surface area (Å²) < 4.78 is 7.55. The Morgan fingerprint density at radius 2 is 2.00 bits per heavy atom. The molecule has 1 saturated carbocycles. The van der Waals surface area contributed by atoms with Crippen LogP contribution in [-0.4, -0.2) is 49.3 Å². The van der Waals surface area contributed by atoms with Crippen molar-refractivity contribution in [2.45, 2.75) is 51.0 Å². The Balaban J connectivity index is 0.00000181. The minimum atomic E-state index is 0. The van der Waals surface area contributed by atoms with Gasteiger partial charge in [-0.05, 0) is 26.2 Å². The highest BCUT2D eigenvalue weighted by Crippen LogP contribution is 2.39. The highest BCUT2D eigenvalue weighted by atomic mass is 35.5. The van der Waals surface area contributed by atoms with E-state index in [1.165, 1.54) is 24.1 Å². The van der Waals surface area contributed by atoms with Crippen molar-refractivity contribution in [3.63, 3.8) is 0 Å². The minimum absolute atomic E-state index is 0. The van der Waals surface area contributed by atoms with Crippen LogP contribution in [0.1, 0.15) is 59.7 Å². The fraction of sp³-hybridized carbons (Fsp3) is 0.550. The van der Waals surface area contributed by atoms with Crippen LogP contribution in [0.15, 0.2) is 12.5 Å². The predicted octanol–water partition coefficient (Wildman–Crippen LogP) is 2.59. The van der Waals surface area contributed by atoms with Gasteiger partial charge in [0.25, 0.3) is 0 Å².